The molecule has 2 heteroatoms. The highest BCUT2D eigenvalue weighted by atomic mass is 32.1. The van der Waals surface area contributed by atoms with Crippen LogP contribution in [0.4, 0.5) is 0 Å². The summed E-state index contributed by atoms with van der Waals surface area (Å²) in [5.41, 5.74) is 4.36. The first-order chi connectivity index (χ1) is 9.35. The molecule has 2 rings (SSSR count). The zero-order chi connectivity index (χ0) is 13.5. The summed E-state index contributed by atoms with van der Waals surface area (Å²) < 4.78 is 0. The second-order valence-electron chi connectivity index (χ2n) is 4.89. The molecule has 0 saturated carbocycles. The third kappa shape index (κ3) is 3.92. The number of nitrogens with one attached hydrogen (secondary N) is 1. The Hall–Kier alpha value is -1.12. The van der Waals surface area contributed by atoms with E-state index in [1.165, 1.54) is 23.1 Å². The highest BCUT2D eigenvalue weighted by Gasteiger charge is 2.14. The van der Waals surface area contributed by atoms with E-state index in [0.717, 1.165) is 19.4 Å². The van der Waals surface area contributed by atoms with Crippen molar-refractivity contribution in [3.05, 3.63) is 57.8 Å². The molecular formula is C17H23NS. The molecule has 0 spiro atoms. The van der Waals surface area contributed by atoms with Gasteiger partial charge in [0.05, 0.1) is 0 Å². The molecule has 0 radical (unpaired) electrons. The van der Waals surface area contributed by atoms with Gasteiger partial charge in [0.1, 0.15) is 0 Å². The van der Waals surface area contributed by atoms with E-state index in [2.05, 4.69) is 60.3 Å². The minimum atomic E-state index is 0.436. The zero-order valence-corrected chi connectivity index (χ0v) is 12.7. The monoisotopic (exact) mass is 273 g/mol. The maximum absolute atomic E-state index is 3.70. The van der Waals surface area contributed by atoms with Gasteiger partial charge in [-0.15, -0.1) is 0 Å². The normalized spacial score (nSPS) is 12.5. The molecule has 19 heavy (non-hydrogen) atoms. The molecule has 1 aromatic heterocycles. The number of hydrogen-bond acceptors (Lipinski definition) is 2. The molecule has 0 saturated heterocycles. The Morgan fingerprint density at radius 1 is 1.16 bits per heavy atom. The number of thiophene rings is 1. The van der Waals surface area contributed by atoms with Crippen LogP contribution in [0.25, 0.3) is 0 Å². The molecule has 1 heterocycles. The maximum atomic E-state index is 3.70. The summed E-state index contributed by atoms with van der Waals surface area (Å²) >= 11 is 1.78. The predicted molar refractivity (Wildman–Crippen MR) is 84.9 cm³/mol. The van der Waals surface area contributed by atoms with Crippen molar-refractivity contribution in [2.45, 2.75) is 39.2 Å². The average Bonchev–Trinajstić information content (AvgIpc) is 2.96. The SMILES string of the molecule is CCCNC(Cc1ccsc1)c1ccccc1CC. The molecule has 0 aliphatic heterocycles. The summed E-state index contributed by atoms with van der Waals surface area (Å²) in [5, 5.41) is 8.13. The van der Waals surface area contributed by atoms with E-state index in [1.54, 1.807) is 11.3 Å². The predicted octanol–water partition coefficient (Wildman–Crippen LogP) is 4.59. The molecule has 0 aliphatic rings. The van der Waals surface area contributed by atoms with Gasteiger partial charge in [-0.3, -0.25) is 0 Å². The summed E-state index contributed by atoms with van der Waals surface area (Å²) in [6.45, 7) is 5.54. The third-order valence-electron chi connectivity index (χ3n) is 3.47. The van der Waals surface area contributed by atoms with Crippen LogP contribution in [0, 0.1) is 0 Å². The Kier molecular flexibility index (Phi) is 5.62. The van der Waals surface area contributed by atoms with E-state index in [1.807, 2.05) is 0 Å². The molecule has 102 valence electrons. The lowest BCUT2D eigenvalue weighted by atomic mass is 9.94. The van der Waals surface area contributed by atoms with Crippen LogP contribution >= 0.6 is 11.3 Å². The van der Waals surface area contributed by atoms with E-state index < -0.39 is 0 Å². The van der Waals surface area contributed by atoms with Crippen molar-refractivity contribution in [1.29, 1.82) is 0 Å². The summed E-state index contributed by atoms with van der Waals surface area (Å²) in [6, 6.07) is 11.5. The van der Waals surface area contributed by atoms with Gasteiger partial charge in [-0.25, -0.2) is 0 Å². The van der Waals surface area contributed by atoms with Crippen LogP contribution in [-0.2, 0) is 12.8 Å². The van der Waals surface area contributed by atoms with Crippen LogP contribution in [0.15, 0.2) is 41.1 Å². The molecule has 0 aliphatic carbocycles. The van der Waals surface area contributed by atoms with E-state index in [-0.39, 0.29) is 0 Å². The molecule has 1 aromatic carbocycles. The molecule has 0 bridgehead atoms. The average molecular weight is 273 g/mol. The molecule has 0 amide bonds. The van der Waals surface area contributed by atoms with Gasteiger partial charge in [0.25, 0.3) is 0 Å². The molecule has 1 atom stereocenters. The Morgan fingerprint density at radius 2 is 2.00 bits per heavy atom. The highest BCUT2D eigenvalue weighted by Crippen LogP contribution is 2.23. The Bertz CT molecular complexity index is 476. The van der Waals surface area contributed by atoms with Gasteiger partial charge in [-0.2, -0.15) is 11.3 Å². The maximum Gasteiger partial charge on any atom is 0.0363 e. The van der Waals surface area contributed by atoms with Gasteiger partial charge in [0.15, 0.2) is 0 Å². The fourth-order valence-electron chi connectivity index (χ4n) is 2.45. The second kappa shape index (κ2) is 7.46. The number of rotatable bonds is 7. The molecule has 1 N–H and O–H groups in total. The standard InChI is InChI=1S/C17H23NS/c1-3-10-18-17(12-14-9-11-19-13-14)16-8-6-5-7-15(16)4-2/h5-9,11,13,17-18H,3-4,10,12H2,1-2H3. The van der Waals surface area contributed by atoms with E-state index in [4.69, 9.17) is 0 Å². The Balaban J connectivity index is 2.20. The second-order valence-corrected chi connectivity index (χ2v) is 5.67. The van der Waals surface area contributed by atoms with Gasteiger partial charge in [0, 0.05) is 6.04 Å². The van der Waals surface area contributed by atoms with Crippen LogP contribution < -0.4 is 5.32 Å². The first-order valence-corrected chi connectivity index (χ1v) is 8.11. The van der Waals surface area contributed by atoms with Crippen LogP contribution in [-0.4, -0.2) is 6.54 Å². The summed E-state index contributed by atoms with van der Waals surface area (Å²) in [6.07, 6.45) is 3.36. The van der Waals surface area contributed by atoms with Gasteiger partial charge in [-0.05, 0) is 59.3 Å². The van der Waals surface area contributed by atoms with E-state index in [9.17, 15) is 0 Å². The lowest BCUT2D eigenvalue weighted by Gasteiger charge is -2.21. The fourth-order valence-corrected chi connectivity index (χ4v) is 3.13. The molecular weight excluding hydrogens is 250 g/mol. The lowest BCUT2D eigenvalue weighted by Crippen LogP contribution is -2.25. The first-order valence-electron chi connectivity index (χ1n) is 7.17. The largest absolute Gasteiger partial charge is 0.310 e. The summed E-state index contributed by atoms with van der Waals surface area (Å²) in [4.78, 5) is 0. The number of aryl methyl sites for hydroxylation is 1. The lowest BCUT2D eigenvalue weighted by molar-refractivity contribution is 0.526. The Labute approximate surface area is 120 Å². The summed E-state index contributed by atoms with van der Waals surface area (Å²) in [7, 11) is 0. The molecule has 1 nitrogen and oxygen atoms in total. The van der Waals surface area contributed by atoms with Crippen molar-refractivity contribution in [2.24, 2.45) is 0 Å². The Morgan fingerprint density at radius 3 is 2.68 bits per heavy atom. The van der Waals surface area contributed by atoms with Crippen LogP contribution in [0.5, 0.6) is 0 Å². The summed E-state index contributed by atoms with van der Waals surface area (Å²) in [5.74, 6) is 0. The fraction of sp³-hybridized carbons (Fsp3) is 0.412. The van der Waals surface area contributed by atoms with Crippen LogP contribution in [0.3, 0.4) is 0 Å². The number of benzene rings is 1. The van der Waals surface area contributed by atoms with Crippen molar-refractivity contribution in [2.75, 3.05) is 6.54 Å². The molecule has 0 fully saturated rings. The van der Waals surface area contributed by atoms with Crippen molar-refractivity contribution in [1.82, 2.24) is 5.32 Å². The van der Waals surface area contributed by atoms with Crippen molar-refractivity contribution >= 4 is 11.3 Å². The van der Waals surface area contributed by atoms with Crippen molar-refractivity contribution < 1.29 is 0 Å². The van der Waals surface area contributed by atoms with E-state index >= 15 is 0 Å². The van der Waals surface area contributed by atoms with Crippen molar-refractivity contribution in [3.63, 3.8) is 0 Å². The van der Waals surface area contributed by atoms with Gasteiger partial charge in [-0.1, -0.05) is 38.1 Å². The van der Waals surface area contributed by atoms with Crippen LogP contribution in [0.2, 0.25) is 0 Å². The first kappa shape index (κ1) is 14.3. The smallest absolute Gasteiger partial charge is 0.0363 e. The molecule has 2 aromatic rings. The van der Waals surface area contributed by atoms with Crippen molar-refractivity contribution in [3.8, 4) is 0 Å². The minimum absolute atomic E-state index is 0.436. The number of hydrogen-bond donors (Lipinski definition) is 1. The van der Waals surface area contributed by atoms with Gasteiger partial charge >= 0.3 is 0 Å². The van der Waals surface area contributed by atoms with Crippen LogP contribution in [0.1, 0.15) is 43.0 Å². The zero-order valence-electron chi connectivity index (χ0n) is 11.9. The highest BCUT2D eigenvalue weighted by molar-refractivity contribution is 7.07. The third-order valence-corrected chi connectivity index (χ3v) is 4.20. The minimum Gasteiger partial charge on any atom is -0.310 e. The van der Waals surface area contributed by atoms with Gasteiger partial charge < -0.3 is 5.32 Å². The van der Waals surface area contributed by atoms with Gasteiger partial charge in [0.2, 0.25) is 0 Å². The quantitative estimate of drug-likeness (QED) is 0.777. The van der Waals surface area contributed by atoms with E-state index in [0.29, 0.717) is 6.04 Å². The molecule has 1 unspecified atom stereocenters. The topological polar surface area (TPSA) is 12.0 Å².